The molecule has 0 radical (unpaired) electrons. The van der Waals surface area contributed by atoms with Crippen LogP contribution in [-0.2, 0) is 16.1 Å². The third kappa shape index (κ3) is 6.46. The average Bonchev–Trinajstić information content (AvgIpc) is 4.09. The zero-order valence-corrected chi connectivity index (χ0v) is 30.9. The van der Waals surface area contributed by atoms with Gasteiger partial charge in [-0.2, -0.15) is 5.10 Å². The van der Waals surface area contributed by atoms with Crippen LogP contribution >= 0.6 is 0 Å². The van der Waals surface area contributed by atoms with Crippen LogP contribution in [0.3, 0.4) is 0 Å². The summed E-state index contributed by atoms with van der Waals surface area (Å²) in [4.78, 5) is 50.2. The first-order chi connectivity index (χ1) is 26.2. The van der Waals surface area contributed by atoms with Gasteiger partial charge < -0.3 is 37.2 Å². The molecule has 3 unspecified atom stereocenters. The highest BCUT2D eigenvalue weighted by atomic mass is 16.2. The Labute approximate surface area is 315 Å². The smallest absolute Gasteiger partial charge is 0.272 e. The molecular formula is C40H49N11O3. The number of hydrogen-bond donors (Lipinski definition) is 5. The molecule has 282 valence electrons. The molecule has 14 nitrogen and oxygen atoms in total. The van der Waals surface area contributed by atoms with E-state index < -0.39 is 0 Å². The average molecular weight is 732 g/mol. The molecule has 3 amide bonds. The van der Waals surface area contributed by atoms with Crippen molar-refractivity contribution in [2.75, 3.05) is 36.9 Å². The summed E-state index contributed by atoms with van der Waals surface area (Å²) in [7, 11) is 2.09. The molecule has 3 atom stereocenters. The summed E-state index contributed by atoms with van der Waals surface area (Å²) in [6.45, 7) is 5.37. The van der Waals surface area contributed by atoms with Crippen LogP contribution in [-0.4, -0.2) is 81.1 Å². The Bertz CT molecular complexity index is 2080. The van der Waals surface area contributed by atoms with Crippen molar-refractivity contribution in [2.45, 2.75) is 82.6 Å². The highest BCUT2D eigenvalue weighted by Crippen LogP contribution is 2.50. The van der Waals surface area contributed by atoms with Crippen LogP contribution in [0, 0.1) is 11.8 Å². The number of nitrogens with one attached hydrogen (secondary N) is 3. The third-order valence-corrected chi connectivity index (χ3v) is 11.9. The molecule has 2 saturated heterocycles. The second-order valence-electron chi connectivity index (χ2n) is 15.9. The van der Waals surface area contributed by atoms with Crippen LogP contribution in [0.1, 0.15) is 85.8 Å². The minimum Gasteiger partial charge on any atom is -0.393 e. The largest absolute Gasteiger partial charge is 0.393 e. The number of allylic oxidation sites excluding steroid dienone is 1. The SMILES string of the molecule is CCC1c2c(cnn2C2CN(Cc3cccc(C(=O)N4CCC5CC54)n3)C2)-c2cccc(NC(/C=C(\N)NC(=O)C3CC3)=C(/N)C(=O)NC3CC3)c2N1C. The summed E-state index contributed by atoms with van der Waals surface area (Å²) >= 11 is 0. The van der Waals surface area contributed by atoms with Crippen molar-refractivity contribution in [1.82, 2.24) is 35.2 Å². The molecule has 54 heavy (non-hydrogen) atoms. The number of aromatic nitrogens is 3. The van der Waals surface area contributed by atoms with E-state index in [1.807, 2.05) is 41.4 Å². The zero-order chi connectivity index (χ0) is 37.2. The van der Waals surface area contributed by atoms with E-state index in [1.54, 1.807) is 0 Å². The van der Waals surface area contributed by atoms with Crippen LogP contribution in [0.2, 0.25) is 0 Å². The molecule has 14 heteroatoms. The molecule has 3 aliphatic carbocycles. The number of nitrogens with zero attached hydrogens (tertiary/aromatic N) is 6. The highest BCUT2D eigenvalue weighted by Gasteiger charge is 2.49. The quantitative estimate of drug-likeness (QED) is 0.137. The Morgan fingerprint density at radius 2 is 1.80 bits per heavy atom. The summed E-state index contributed by atoms with van der Waals surface area (Å²) in [5.41, 5.74) is 19.5. The van der Waals surface area contributed by atoms with Crippen molar-refractivity contribution < 1.29 is 14.4 Å². The summed E-state index contributed by atoms with van der Waals surface area (Å²) in [5, 5.41) is 14.1. The standard InChI is InChI=1S/C40H49N11O3/c1-3-32-37-28(18-43-51(37)26-20-49(21-26)19-25-6-4-9-30(44-25)40(54)50-15-14-23-16-33(23)50)27-7-5-8-29(36(27)48(32)2)46-31(35(42)39(53)45-24-12-13-24)17-34(41)47-38(52)22-10-11-22/h4-9,17-18,22-24,26,32-33,46H,3,10-16,19-21,41-42H2,1-2H3,(H,45,53)(H,47,52)/b34-17+,35-31+. The Hall–Kier alpha value is -5.37. The van der Waals surface area contributed by atoms with E-state index in [1.165, 1.54) is 11.8 Å². The summed E-state index contributed by atoms with van der Waals surface area (Å²) < 4.78 is 2.20. The Kier molecular flexibility index (Phi) is 8.59. The normalized spacial score (nSPS) is 23.8. The van der Waals surface area contributed by atoms with Gasteiger partial charge in [-0.05, 0) is 69.1 Å². The lowest BCUT2D eigenvalue weighted by Crippen LogP contribution is -2.48. The van der Waals surface area contributed by atoms with Crippen molar-refractivity contribution in [3.63, 3.8) is 0 Å². The van der Waals surface area contributed by atoms with E-state index in [0.717, 1.165) is 92.8 Å². The number of likely N-dealkylation sites (tertiary alicyclic amines) is 2. The Morgan fingerprint density at radius 1 is 1.00 bits per heavy atom. The molecule has 0 bridgehead atoms. The predicted molar refractivity (Wildman–Crippen MR) is 204 cm³/mol. The van der Waals surface area contributed by atoms with Gasteiger partial charge in [0.25, 0.3) is 11.8 Å². The molecule has 3 saturated carbocycles. The lowest BCUT2D eigenvalue weighted by molar-refractivity contribution is -0.121. The molecule has 2 aromatic heterocycles. The first-order valence-electron chi connectivity index (χ1n) is 19.4. The fraction of sp³-hybridized carbons (Fsp3) is 0.475. The molecule has 7 N–H and O–H groups in total. The molecule has 5 fully saturated rings. The van der Waals surface area contributed by atoms with Crippen molar-refractivity contribution in [3.8, 4) is 11.1 Å². The summed E-state index contributed by atoms with van der Waals surface area (Å²) in [6.07, 6.45) is 10.1. The van der Waals surface area contributed by atoms with Gasteiger partial charge in [-0.3, -0.25) is 24.0 Å². The van der Waals surface area contributed by atoms with Crippen LogP contribution in [0.25, 0.3) is 11.1 Å². The first kappa shape index (κ1) is 34.4. The van der Waals surface area contributed by atoms with E-state index in [4.69, 9.17) is 21.5 Å². The van der Waals surface area contributed by atoms with Gasteiger partial charge in [0, 0.05) is 68.4 Å². The van der Waals surface area contributed by atoms with Crippen LogP contribution in [0.5, 0.6) is 0 Å². The molecular weight excluding hydrogens is 683 g/mol. The Morgan fingerprint density at radius 3 is 2.50 bits per heavy atom. The molecule has 3 aromatic rings. The van der Waals surface area contributed by atoms with E-state index in [2.05, 4.69) is 50.5 Å². The van der Waals surface area contributed by atoms with Crippen molar-refractivity contribution in [1.29, 1.82) is 0 Å². The zero-order valence-electron chi connectivity index (χ0n) is 30.9. The van der Waals surface area contributed by atoms with Gasteiger partial charge in [-0.25, -0.2) is 4.98 Å². The van der Waals surface area contributed by atoms with Gasteiger partial charge in [0.2, 0.25) is 5.91 Å². The van der Waals surface area contributed by atoms with Crippen molar-refractivity contribution in [2.24, 2.45) is 23.3 Å². The highest BCUT2D eigenvalue weighted by molar-refractivity contribution is 5.97. The number of fused-ring (bicyclic) bond motifs is 4. The molecule has 5 heterocycles. The van der Waals surface area contributed by atoms with Crippen molar-refractivity contribution in [3.05, 3.63) is 83.0 Å². The second-order valence-corrected chi connectivity index (χ2v) is 15.9. The lowest BCUT2D eigenvalue weighted by Gasteiger charge is -2.43. The number of nitrogens with two attached hydrogens (primary N) is 2. The number of carbonyl (C=O) groups is 3. The number of carbonyl (C=O) groups excluding carboxylic acids is 3. The second kappa shape index (κ2) is 13.5. The summed E-state index contributed by atoms with van der Waals surface area (Å²) in [5.74, 6) is 0.348. The van der Waals surface area contributed by atoms with Gasteiger partial charge in [-0.1, -0.05) is 25.1 Å². The monoisotopic (exact) mass is 731 g/mol. The maximum absolute atomic E-state index is 13.2. The van der Waals surface area contributed by atoms with Gasteiger partial charge in [0.05, 0.1) is 46.7 Å². The molecule has 1 aromatic carbocycles. The van der Waals surface area contributed by atoms with Gasteiger partial charge >= 0.3 is 0 Å². The molecule has 0 spiro atoms. The van der Waals surface area contributed by atoms with Gasteiger partial charge in [0.15, 0.2) is 0 Å². The van der Waals surface area contributed by atoms with Crippen molar-refractivity contribution >= 4 is 29.1 Å². The topological polar surface area (TPSA) is 180 Å². The minimum atomic E-state index is -0.379. The number of pyridine rings is 1. The van der Waals surface area contributed by atoms with Gasteiger partial charge in [-0.15, -0.1) is 0 Å². The fourth-order valence-electron chi connectivity index (χ4n) is 8.51. The maximum atomic E-state index is 13.2. The number of benzene rings is 1. The van der Waals surface area contributed by atoms with E-state index >= 15 is 0 Å². The number of rotatable bonds is 12. The van der Waals surface area contributed by atoms with E-state index in [-0.39, 0.29) is 53.3 Å². The molecule has 9 rings (SSSR count). The summed E-state index contributed by atoms with van der Waals surface area (Å²) in [6, 6.07) is 12.6. The third-order valence-electron chi connectivity index (χ3n) is 11.9. The molecule has 3 aliphatic heterocycles. The van der Waals surface area contributed by atoms with Crippen LogP contribution in [0.4, 0.5) is 11.4 Å². The fourth-order valence-corrected chi connectivity index (χ4v) is 8.51. The number of hydrogen-bond acceptors (Lipinski definition) is 10. The van der Waals surface area contributed by atoms with E-state index in [9.17, 15) is 14.4 Å². The number of anilines is 2. The number of amides is 3. The number of para-hydroxylation sites is 1. The number of piperidine rings is 1. The first-order valence-corrected chi connectivity index (χ1v) is 19.4. The Balaban J connectivity index is 0.944. The predicted octanol–water partition coefficient (Wildman–Crippen LogP) is 3.32. The van der Waals surface area contributed by atoms with Crippen LogP contribution < -0.4 is 32.3 Å². The lowest BCUT2D eigenvalue weighted by atomic mass is 9.91. The van der Waals surface area contributed by atoms with E-state index in [0.29, 0.717) is 29.9 Å². The van der Waals surface area contributed by atoms with Crippen LogP contribution in [0.15, 0.2) is 65.9 Å². The van der Waals surface area contributed by atoms with Gasteiger partial charge in [0.1, 0.15) is 17.2 Å². The minimum absolute atomic E-state index is 0.00631. The maximum Gasteiger partial charge on any atom is 0.272 e. The molecule has 6 aliphatic rings.